The Hall–Kier alpha value is -2.04. The van der Waals surface area contributed by atoms with Crippen molar-refractivity contribution in [2.75, 3.05) is 0 Å². The number of hydrogen-bond donors (Lipinski definition) is 2. The average molecular weight is 192 g/mol. The molecule has 72 valence electrons. The van der Waals surface area contributed by atoms with Crippen molar-refractivity contribution in [1.29, 1.82) is 0 Å². The van der Waals surface area contributed by atoms with E-state index in [1.165, 1.54) is 0 Å². The van der Waals surface area contributed by atoms with Crippen molar-refractivity contribution >= 4 is 17.1 Å². The Morgan fingerprint density at radius 2 is 2.21 bits per heavy atom. The van der Waals surface area contributed by atoms with E-state index in [9.17, 15) is 9.59 Å². The molecule has 1 heterocycles. The molecule has 2 rings (SSSR count). The quantitative estimate of drug-likeness (QED) is 0.657. The van der Waals surface area contributed by atoms with Crippen molar-refractivity contribution in [3.63, 3.8) is 0 Å². The van der Waals surface area contributed by atoms with Gasteiger partial charge in [-0.05, 0) is 18.6 Å². The largest absolute Gasteiger partial charge is 0.464 e. The molecule has 0 fully saturated rings. The lowest BCUT2D eigenvalue weighted by molar-refractivity contribution is 0.196. The Kier molecular flexibility index (Phi) is 1.67. The molecule has 5 nitrogen and oxygen atoms in total. The fourth-order valence-electron chi connectivity index (χ4n) is 1.51. The summed E-state index contributed by atoms with van der Waals surface area (Å²) in [5, 5.41) is 8.82. The smallest absolute Gasteiger partial charge is 0.420 e. The maximum atomic E-state index is 11.3. The molecule has 0 saturated heterocycles. The van der Waals surface area contributed by atoms with Crippen LogP contribution in [0, 0.1) is 6.92 Å². The highest BCUT2D eigenvalue weighted by Crippen LogP contribution is 2.14. The van der Waals surface area contributed by atoms with E-state index in [0.717, 1.165) is 5.56 Å². The third-order valence-electron chi connectivity index (χ3n) is 2.10. The maximum absolute atomic E-state index is 11.3. The number of hydrogen-bond acceptors (Lipinski definition) is 2. The van der Waals surface area contributed by atoms with Crippen molar-refractivity contribution in [3.05, 3.63) is 34.2 Å². The minimum absolute atomic E-state index is 0.421. The first kappa shape index (κ1) is 8.55. The molecule has 2 aromatic rings. The van der Waals surface area contributed by atoms with E-state index < -0.39 is 11.8 Å². The molecule has 5 heteroatoms. The Morgan fingerprint density at radius 1 is 1.50 bits per heavy atom. The van der Waals surface area contributed by atoms with Crippen LogP contribution in [0.15, 0.2) is 23.0 Å². The van der Waals surface area contributed by atoms with Crippen LogP contribution in [0.5, 0.6) is 0 Å². The number of rotatable bonds is 0. The molecule has 0 saturated carbocycles. The number of aromatic nitrogens is 2. The lowest BCUT2D eigenvalue weighted by atomic mass is 10.2. The molecular formula is C9H8N2O3. The number of H-pyrrole nitrogens is 1. The summed E-state index contributed by atoms with van der Waals surface area (Å²) in [7, 11) is 0. The van der Waals surface area contributed by atoms with Gasteiger partial charge in [0, 0.05) is 0 Å². The molecular weight excluding hydrogens is 184 g/mol. The van der Waals surface area contributed by atoms with Crippen LogP contribution in [0.25, 0.3) is 11.0 Å². The van der Waals surface area contributed by atoms with Crippen LogP contribution < -0.4 is 5.69 Å². The van der Waals surface area contributed by atoms with Gasteiger partial charge in [-0.2, -0.15) is 4.57 Å². The van der Waals surface area contributed by atoms with E-state index in [1.54, 1.807) is 25.1 Å². The number of nitrogens with zero attached hydrogens (tertiary/aromatic N) is 1. The molecule has 0 aliphatic rings. The first-order chi connectivity index (χ1) is 6.61. The first-order valence-electron chi connectivity index (χ1n) is 4.05. The van der Waals surface area contributed by atoms with Crippen LogP contribution in [0.3, 0.4) is 0 Å². The molecule has 2 N–H and O–H groups in total. The van der Waals surface area contributed by atoms with E-state index in [1.807, 2.05) is 0 Å². The van der Waals surface area contributed by atoms with Gasteiger partial charge in [0.25, 0.3) is 0 Å². The van der Waals surface area contributed by atoms with E-state index in [-0.39, 0.29) is 0 Å². The van der Waals surface area contributed by atoms with Gasteiger partial charge in [0.15, 0.2) is 0 Å². The summed E-state index contributed by atoms with van der Waals surface area (Å²) >= 11 is 0. The fraction of sp³-hybridized carbons (Fsp3) is 0.111. The third kappa shape index (κ3) is 1.02. The summed E-state index contributed by atoms with van der Waals surface area (Å²) in [4.78, 5) is 24.5. The first-order valence-corrected chi connectivity index (χ1v) is 4.05. The molecule has 0 atom stereocenters. The number of aromatic amines is 1. The lowest BCUT2D eigenvalue weighted by Gasteiger charge is -1.98. The number of benzene rings is 1. The minimum atomic E-state index is -1.27. The number of imidazole rings is 1. The Balaban J connectivity index is 3.01. The lowest BCUT2D eigenvalue weighted by Crippen LogP contribution is -2.23. The van der Waals surface area contributed by atoms with E-state index >= 15 is 0 Å². The van der Waals surface area contributed by atoms with Crippen LogP contribution >= 0.6 is 0 Å². The van der Waals surface area contributed by atoms with Gasteiger partial charge in [-0.15, -0.1) is 0 Å². The Morgan fingerprint density at radius 3 is 2.86 bits per heavy atom. The summed E-state index contributed by atoms with van der Waals surface area (Å²) in [6.07, 6.45) is -1.27. The van der Waals surface area contributed by atoms with Gasteiger partial charge < -0.3 is 10.1 Å². The van der Waals surface area contributed by atoms with Gasteiger partial charge >= 0.3 is 11.8 Å². The molecule has 0 bridgehead atoms. The van der Waals surface area contributed by atoms with Crippen molar-refractivity contribution in [3.8, 4) is 0 Å². The fourth-order valence-corrected chi connectivity index (χ4v) is 1.51. The summed E-state index contributed by atoms with van der Waals surface area (Å²) in [5.74, 6) is 0. The molecule has 0 amide bonds. The highest BCUT2D eigenvalue weighted by atomic mass is 16.4. The van der Waals surface area contributed by atoms with Gasteiger partial charge in [-0.25, -0.2) is 9.59 Å². The van der Waals surface area contributed by atoms with Gasteiger partial charge in [0.05, 0.1) is 11.0 Å². The Bertz CT molecular complexity index is 565. The second-order valence-electron chi connectivity index (χ2n) is 3.02. The van der Waals surface area contributed by atoms with Gasteiger partial charge in [0.1, 0.15) is 0 Å². The summed E-state index contributed by atoms with van der Waals surface area (Å²) in [6.45, 7) is 1.76. The highest BCUT2D eigenvalue weighted by Gasteiger charge is 2.13. The van der Waals surface area contributed by atoms with Crippen molar-refractivity contribution in [2.24, 2.45) is 0 Å². The molecule has 1 aromatic carbocycles. The van der Waals surface area contributed by atoms with E-state index in [2.05, 4.69) is 4.98 Å². The second-order valence-corrected chi connectivity index (χ2v) is 3.02. The van der Waals surface area contributed by atoms with Crippen LogP contribution in [0.4, 0.5) is 4.79 Å². The Labute approximate surface area is 78.6 Å². The predicted molar refractivity (Wildman–Crippen MR) is 50.7 cm³/mol. The van der Waals surface area contributed by atoms with E-state index in [4.69, 9.17) is 5.11 Å². The average Bonchev–Trinajstić information content (AvgIpc) is 2.42. The summed E-state index contributed by atoms with van der Waals surface area (Å²) in [6, 6.07) is 5.19. The molecule has 0 radical (unpaired) electrons. The van der Waals surface area contributed by atoms with Crippen LogP contribution in [-0.4, -0.2) is 20.8 Å². The number of carboxylic acid groups (broad SMARTS) is 1. The zero-order valence-corrected chi connectivity index (χ0v) is 7.44. The second kappa shape index (κ2) is 2.73. The monoisotopic (exact) mass is 192 g/mol. The standard InChI is InChI=1S/C9H8N2O3/c1-5-3-2-4-6-7(5)11(9(13)14)8(12)10-6/h2-4H,1H3,(H,10,12)(H,13,14). The van der Waals surface area contributed by atoms with Crippen LogP contribution in [0.2, 0.25) is 0 Å². The zero-order valence-electron chi connectivity index (χ0n) is 7.44. The topological polar surface area (TPSA) is 75.1 Å². The summed E-state index contributed by atoms with van der Waals surface area (Å²) in [5.41, 5.74) is 1.09. The molecule has 14 heavy (non-hydrogen) atoms. The highest BCUT2D eigenvalue weighted by molar-refractivity contribution is 5.87. The zero-order chi connectivity index (χ0) is 10.3. The van der Waals surface area contributed by atoms with Crippen molar-refractivity contribution in [2.45, 2.75) is 6.92 Å². The molecule has 0 aliphatic carbocycles. The molecule has 1 aromatic heterocycles. The van der Waals surface area contributed by atoms with Crippen LogP contribution in [0.1, 0.15) is 5.56 Å². The van der Waals surface area contributed by atoms with Crippen molar-refractivity contribution in [1.82, 2.24) is 9.55 Å². The molecule has 0 unspecified atom stereocenters. The number of carbonyl (C=O) groups is 1. The van der Waals surface area contributed by atoms with Crippen molar-refractivity contribution < 1.29 is 9.90 Å². The number of para-hydroxylation sites is 1. The van der Waals surface area contributed by atoms with Gasteiger partial charge in [0.2, 0.25) is 0 Å². The number of nitrogens with one attached hydrogen (secondary N) is 1. The summed E-state index contributed by atoms with van der Waals surface area (Å²) < 4.78 is 0.713. The SMILES string of the molecule is Cc1cccc2[nH]c(=O)n(C(=O)O)c12. The molecule has 0 spiro atoms. The molecule has 0 aliphatic heterocycles. The number of aryl methyl sites for hydroxylation is 1. The van der Waals surface area contributed by atoms with Gasteiger partial charge in [-0.3, -0.25) is 0 Å². The predicted octanol–water partition coefficient (Wildman–Crippen LogP) is 1.16. The third-order valence-corrected chi connectivity index (χ3v) is 2.10. The van der Waals surface area contributed by atoms with Crippen LogP contribution in [-0.2, 0) is 0 Å². The number of fused-ring (bicyclic) bond motifs is 1. The van der Waals surface area contributed by atoms with Gasteiger partial charge in [-0.1, -0.05) is 12.1 Å². The van der Waals surface area contributed by atoms with E-state index in [0.29, 0.717) is 15.6 Å². The minimum Gasteiger partial charge on any atom is -0.464 e. The normalized spacial score (nSPS) is 10.6. The maximum Gasteiger partial charge on any atom is 0.420 e.